The van der Waals surface area contributed by atoms with Crippen molar-refractivity contribution in [1.82, 2.24) is 34.7 Å². The van der Waals surface area contributed by atoms with Crippen LogP contribution in [0.5, 0.6) is 0 Å². The lowest BCUT2D eigenvalue weighted by Gasteiger charge is -2.09. The number of tetrazole rings is 1. The highest BCUT2D eigenvalue weighted by Gasteiger charge is 2.18. The number of para-hydroxylation sites is 1. The Labute approximate surface area is 205 Å². The van der Waals surface area contributed by atoms with Gasteiger partial charge >= 0.3 is 5.69 Å². The Bertz CT molecular complexity index is 1500. The number of pyridine rings is 1. The van der Waals surface area contributed by atoms with Crippen LogP contribution < -0.4 is 5.69 Å². The van der Waals surface area contributed by atoms with Crippen molar-refractivity contribution in [2.24, 2.45) is 0 Å². The Hall–Kier alpha value is -4.11. The second-order valence-electron chi connectivity index (χ2n) is 8.01. The fourth-order valence-corrected chi connectivity index (χ4v) is 4.33. The van der Waals surface area contributed by atoms with E-state index >= 15 is 0 Å². The molecule has 35 heavy (non-hydrogen) atoms. The van der Waals surface area contributed by atoms with Gasteiger partial charge in [-0.1, -0.05) is 55.3 Å². The zero-order valence-corrected chi connectivity index (χ0v) is 19.6. The minimum absolute atomic E-state index is 0.0646. The van der Waals surface area contributed by atoms with Gasteiger partial charge in [0.15, 0.2) is 0 Å². The van der Waals surface area contributed by atoms with E-state index in [1.165, 1.54) is 16.7 Å². The number of hydrogen-bond acceptors (Lipinski definition) is 5. The number of aromatic nitrogens is 7. The summed E-state index contributed by atoms with van der Waals surface area (Å²) in [7, 11) is 0. The van der Waals surface area contributed by atoms with Crippen LogP contribution in [0.3, 0.4) is 0 Å². The summed E-state index contributed by atoms with van der Waals surface area (Å²) in [5.74, 6) is -0.0852. The Kier molecular flexibility index (Phi) is 6.24. The zero-order valence-electron chi connectivity index (χ0n) is 18.8. The minimum Gasteiger partial charge on any atom is -0.292 e. The van der Waals surface area contributed by atoms with Crippen LogP contribution in [0, 0.1) is 5.82 Å². The first kappa shape index (κ1) is 22.7. The molecule has 0 radical (unpaired) electrons. The molecule has 0 aliphatic carbocycles. The molecule has 0 fully saturated rings. The van der Waals surface area contributed by atoms with Gasteiger partial charge in [0, 0.05) is 29.2 Å². The van der Waals surface area contributed by atoms with Gasteiger partial charge in [-0.2, -0.15) is 5.21 Å². The van der Waals surface area contributed by atoms with E-state index in [2.05, 4.69) is 25.6 Å². The maximum Gasteiger partial charge on any atom is 0.333 e. The lowest BCUT2D eigenvalue weighted by molar-refractivity contribution is 0.613. The Balaban J connectivity index is 1.49. The molecule has 5 aromatic rings. The van der Waals surface area contributed by atoms with Gasteiger partial charge < -0.3 is 0 Å². The summed E-state index contributed by atoms with van der Waals surface area (Å²) in [5.41, 5.74) is 3.82. The van der Waals surface area contributed by atoms with Crippen molar-refractivity contribution in [3.05, 3.63) is 99.6 Å². The first-order valence-electron chi connectivity index (χ1n) is 11.1. The topological polar surface area (TPSA) is 94.3 Å². The summed E-state index contributed by atoms with van der Waals surface area (Å²) in [5, 5.41) is 14.4. The molecule has 0 saturated carbocycles. The van der Waals surface area contributed by atoms with Crippen molar-refractivity contribution in [2.75, 3.05) is 0 Å². The number of halogens is 2. The van der Waals surface area contributed by atoms with Crippen molar-refractivity contribution in [2.45, 2.75) is 26.3 Å². The van der Waals surface area contributed by atoms with E-state index < -0.39 is 5.82 Å². The Morgan fingerprint density at radius 2 is 1.91 bits per heavy atom. The maximum atomic E-state index is 14.5. The molecule has 3 heterocycles. The Morgan fingerprint density at radius 1 is 1.09 bits per heavy atom. The molecule has 10 heteroatoms. The largest absolute Gasteiger partial charge is 0.333 e. The molecule has 0 spiro atoms. The predicted molar refractivity (Wildman–Crippen MR) is 131 cm³/mol. The summed E-state index contributed by atoms with van der Waals surface area (Å²) in [6, 6.07) is 15.9. The zero-order chi connectivity index (χ0) is 24.4. The molecular weight excluding hydrogens is 469 g/mol. The van der Waals surface area contributed by atoms with Crippen molar-refractivity contribution < 1.29 is 4.39 Å². The normalized spacial score (nSPS) is 11.2. The third-order valence-electron chi connectivity index (χ3n) is 5.71. The number of hydrogen-bond donors (Lipinski definition) is 1. The van der Waals surface area contributed by atoms with Gasteiger partial charge in [-0.25, -0.2) is 9.18 Å². The monoisotopic (exact) mass is 489 g/mol. The van der Waals surface area contributed by atoms with Gasteiger partial charge in [-0.15, -0.1) is 10.2 Å². The van der Waals surface area contributed by atoms with Crippen LogP contribution in [0.1, 0.15) is 24.6 Å². The van der Waals surface area contributed by atoms with Crippen molar-refractivity contribution in [3.63, 3.8) is 0 Å². The third-order valence-corrected chi connectivity index (χ3v) is 6.01. The summed E-state index contributed by atoms with van der Waals surface area (Å²) in [6.07, 6.45) is 4.90. The first-order chi connectivity index (χ1) is 17.1. The molecule has 3 aromatic heterocycles. The summed E-state index contributed by atoms with van der Waals surface area (Å²) >= 11 is 6.23. The van der Waals surface area contributed by atoms with Crippen LogP contribution in [0.4, 0.5) is 4.39 Å². The molecule has 176 valence electrons. The van der Waals surface area contributed by atoms with Crippen LogP contribution in [0.25, 0.3) is 28.3 Å². The Morgan fingerprint density at radius 3 is 2.63 bits per heavy atom. The molecule has 2 aromatic carbocycles. The van der Waals surface area contributed by atoms with Crippen LogP contribution in [0.15, 0.2) is 71.8 Å². The lowest BCUT2D eigenvalue weighted by Crippen LogP contribution is -2.25. The van der Waals surface area contributed by atoms with Gasteiger partial charge in [0.25, 0.3) is 0 Å². The molecular formula is C25H21ClFN7O. The highest BCUT2D eigenvalue weighted by Crippen LogP contribution is 2.28. The third kappa shape index (κ3) is 4.38. The van der Waals surface area contributed by atoms with Crippen molar-refractivity contribution >= 4 is 11.6 Å². The SMILES string of the molecule is CCCc1cn(-c2c(F)cccc2Cl)c(=O)n1Cc1ccc(-c2ncccc2-c2nn[nH]n2)cc1. The van der Waals surface area contributed by atoms with Crippen molar-refractivity contribution in [3.8, 4) is 28.3 Å². The number of aromatic amines is 1. The molecule has 5 rings (SSSR count). The van der Waals surface area contributed by atoms with Gasteiger partial charge in [0.2, 0.25) is 5.82 Å². The average Bonchev–Trinajstić information content (AvgIpc) is 3.50. The van der Waals surface area contributed by atoms with Gasteiger partial charge in [0.05, 0.1) is 17.3 Å². The maximum absolute atomic E-state index is 14.5. The van der Waals surface area contributed by atoms with E-state index in [0.717, 1.165) is 34.5 Å². The first-order valence-corrected chi connectivity index (χ1v) is 11.5. The van der Waals surface area contributed by atoms with E-state index in [-0.39, 0.29) is 16.4 Å². The van der Waals surface area contributed by atoms with Crippen LogP contribution in [0.2, 0.25) is 5.02 Å². The average molecular weight is 490 g/mol. The number of aryl methyl sites for hydroxylation is 1. The summed E-state index contributed by atoms with van der Waals surface area (Å²) in [6.45, 7) is 2.37. The number of imidazole rings is 1. The van der Waals surface area contributed by atoms with Gasteiger partial charge in [-0.05, 0) is 41.5 Å². The van der Waals surface area contributed by atoms with Crippen molar-refractivity contribution in [1.29, 1.82) is 0 Å². The summed E-state index contributed by atoms with van der Waals surface area (Å²) < 4.78 is 17.5. The standard InChI is InChI=1S/C25H21ClFN7O/c1-2-5-18-15-34(23-20(26)7-3-8-21(23)27)25(35)33(18)14-16-9-11-17(12-10-16)22-19(6-4-13-28-22)24-29-31-32-30-24/h3-4,6-13,15H,2,5,14H2,1H3,(H,29,30,31,32). The number of benzene rings is 2. The van der Waals surface area contributed by atoms with E-state index in [4.69, 9.17) is 11.6 Å². The number of nitrogens with one attached hydrogen (secondary N) is 1. The van der Waals surface area contributed by atoms with Gasteiger partial charge in [0.1, 0.15) is 11.5 Å². The molecule has 0 saturated heterocycles. The van der Waals surface area contributed by atoms with E-state index in [9.17, 15) is 9.18 Å². The molecule has 8 nitrogen and oxygen atoms in total. The molecule has 0 unspecified atom stereocenters. The number of rotatable bonds is 7. The minimum atomic E-state index is -0.545. The second kappa shape index (κ2) is 9.63. The molecule has 0 atom stereocenters. The second-order valence-corrected chi connectivity index (χ2v) is 8.42. The fraction of sp³-hybridized carbons (Fsp3) is 0.160. The van der Waals surface area contributed by atoms with E-state index in [0.29, 0.717) is 18.8 Å². The molecule has 0 aliphatic rings. The quantitative estimate of drug-likeness (QED) is 0.358. The molecule has 0 amide bonds. The molecule has 1 N–H and O–H groups in total. The fourth-order valence-electron chi connectivity index (χ4n) is 4.07. The molecule has 0 aliphatic heterocycles. The lowest BCUT2D eigenvalue weighted by atomic mass is 10.0. The van der Waals surface area contributed by atoms with Crippen LogP contribution in [-0.2, 0) is 13.0 Å². The smallest absolute Gasteiger partial charge is 0.292 e. The van der Waals surface area contributed by atoms with Crippen LogP contribution in [-0.4, -0.2) is 34.7 Å². The summed E-state index contributed by atoms with van der Waals surface area (Å²) in [4.78, 5) is 17.8. The number of nitrogens with zero attached hydrogens (tertiary/aromatic N) is 6. The highest BCUT2D eigenvalue weighted by atomic mass is 35.5. The highest BCUT2D eigenvalue weighted by molar-refractivity contribution is 6.32. The molecule has 0 bridgehead atoms. The van der Waals surface area contributed by atoms with Crippen LogP contribution >= 0.6 is 11.6 Å². The predicted octanol–water partition coefficient (Wildman–Crippen LogP) is 4.67. The van der Waals surface area contributed by atoms with Gasteiger partial charge in [-0.3, -0.25) is 14.1 Å². The van der Waals surface area contributed by atoms with E-state index in [1.54, 1.807) is 23.0 Å². The van der Waals surface area contributed by atoms with E-state index in [1.807, 2.05) is 43.3 Å². The number of H-pyrrole nitrogens is 1.